The maximum absolute atomic E-state index is 9.97. The van der Waals surface area contributed by atoms with E-state index in [1.165, 1.54) is 19.3 Å². The van der Waals surface area contributed by atoms with Crippen molar-refractivity contribution in [1.82, 2.24) is 0 Å². The van der Waals surface area contributed by atoms with E-state index < -0.39 is 0 Å². The number of benzene rings is 1. The van der Waals surface area contributed by atoms with Crippen LogP contribution in [0.4, 0.5) is 0 Å². The molecule has 126 valence electrons. The molecular weight excluding hydrogens is 272 g/mol. The molecule has 0 fully saturated rings. The van der Waals surface area contributed by atoms with Crippen molar-refractivity contribution in [2.45, 2.75) is 72.6 Å². The topological polar surface area (TPSA) is 29.5 Å². The zero-order valence-electron chi connectivity index (χ0n) is 15.3. The standard InChI is InChI=1S/C20H34O2/c1-15(2)8-7-9-16(3)12-13-22-17-10-11-19(21)18(14-17)20(4,5)6/h10-11,14-16,21H,7-9,12-13H2,1-6H3. The third-order valence-electron chi connectivity index (χ3n) is 4.13. The lowest BCUT2D eigenvalue weighted by atomic mass is 9.86. The molecule has 1 unspecified atom stereocenters. The van der Waals surface area contributed by atoms with Gasteiger partial charge in [-0.15, -0.1) is 0 Å². The zero-order chi connectivity index (χ0) is 16.8. The van der Waals surface area contributed by atoms with Crippen molar-refractivity contribution < 1.29 is 9.84 Å². The summed E-state index contributed by atoms with van der Waals surface area (Å²) in [6, 6.07) is 5.56. The minimum absolute atomic E-state index is 0.0758. The van der Waals surface area contributed by atoms with Crippen LogP contribution in [0.3, 0.4) is 0 Å². The molecule has 1 rings (SSSR count). The van der Waals surface area contributed by atoms with Crippen molar-refractivity contribution in [2.75, 3.05) is 6.61 Å². The van der Waals surface area contributed by atoms with Crippen LogP contribution in [-0.2, 0) is 5.41 Å². The fourth-order valence-corrected chi connectivity index (χ4v) is 2.60. The van der Waals surface area contributed by atoms with Crippen molar-refractivity contribution in [2.24, 2.45) is 11.8 Å². The lowest BCUT2D eigenvalue weighted by Crippen LogP contribution is -2.12. The Morgan fingerprint density at radius 2 is 1.73 bits per heavy atom. The van der Waals surface area contributed by atoms with E-state index in [1.807, 2.05) is 12.1 Å². The van der Waals surface area contributed by atoms with Gasteiger partial charge in [0.25, 0.3) is 0 Å². The van der Waals surface area contributed by atoms with Gasteiger partial charge in [-0.3, -0.25) is 0 Å². The number of phenols is 1. The summed E-state index contributed by atoms with van der Waals surface area (Å²) in [5.41, 5.74) is 0.864. The molecule has 0 spiro atoms. The van der Waals surface area contributed by atoms with Gasteiger partial charge in [-0.1, -0.05) is 60.8 Å². The SMILES string of the molecule is CC(C)CCCC(C)CCOc1ccc(O)c(C(C)(C)C)c1. The van der Waals surface area contributed by atoms with Crippen LogP contribution in [0.15, 0.2) is 18.2 Å². The van der Waals surface area contributed by atoms with Gasteiger partial charge in [-0.05, 0) is 41.9 Å². The van der Waals surface area contributed by atoms with Gasteiger partial charge in [-0.2, -0.15) is 0 Å². The number of aromatic hydroxyl groups is 1. The number of hydrogen-bond donors (Lipinski definition) is 1. The highest BCUT2D eigenvalue weighted by Crippen LogP contribution is 2.33. The smallest absolute Gasteiger partial charge is 0.119 e. The first kappa shape index (κ1) is 18.9. The highest BCUT2D eigenvalue weighted by molar-refractivity contribution is 5.43. The highest BCUT2D eigenvalue weighted by Gasteiger charge is 2.18. The molecule has 1 aromatic carbocycles. The quantitative estimate of drug-likeness (QED) is 0.646. The number of hydrogen-bond acceptors (Lipinski definition) is 2. The third-order valence-corrected chi connectivity index (χ3v) is 4.13. The molecule has 0 aliphatic carbocycles. The fourth-order valence-electron chi connectivity index (χ4n) is 2.60. The summed E-state index contributed by atoms with van der Waals surface area (Å²) in [5, 5.41) is 9.97. The van der Waals surface area contributed by atoms with Crippen molar-refractivity contribution in [1.29, 1.82) is 0 Å². The molecule has 0 bridgehead atoms. The first-order valence-corrected chi connectivity index (χ1v) is 8.66. The summed E-state index contributed by atoms with van der Waals surface area (Å²) in [5.74, 6) is 2.72. The van der Waals surface area contributed by atoms with E-state index in [2.05, 4.69) is 41.5 Å². The Balaban J connectivity index is 2.42. The number of rotatable bonds is 8. The zero-order valence-corrected chi connectivity index (χ0v) is 15.3. The lowest BCUT2D eigenvalue weighted by Gasteiger charge is -2.21. The molecule has 0 aliphatic rings. The Kier molecular flexibility index (Phi) is 7.25. The van der Waals surface area contributed by atoms with Crippen LogP contribution < -0.4 is 4.74 Å². The van der Waals surface area contributed by atoms with Gasteiger partial charge < -0.3 is 9.84 Å². The minimum Gasteiger partial charge on any atom is -0.508 e. The molecule has 1 N–H and O–H groups in total. The Morgan fingerprint density at radius 1 is 1.05 bits per heavy atom. The van der Waals surface area contributed by atoms with Crippen LogP contribution in [0.2, 0.25) is 0 Å². The van der Waals surface area contributed by atoms with Crippen LogP contribution in [0, 0.1) is 11.8 Å². The van der Waals surface area contributed by atoms with Crippen LogP contribution >= 0.6 is 0 Å². The average molecular weight is 306 g/mol. The Bertz CT molecular complexity index is 444. The van der Waals surface area contributed by atoms with Gasteiger partial charge in [-0.25, -0.2) is 0 Å². The number of ether oxygens (including phenoxy) is 1. The Labute approximate surface area is 136 Å². The second-order valence-electron chi connectivity index (χ2n) is 8.00. The molecule has 1 atom stereocenters. The van der Waals surface area contributed by atoms with E-state index in [9.17, 15) is 5.11 Å². The summed E-state index contributed by atoms with van der Waals surface area (Å²) in [4.78, 5) is 0. The lowest BCUT2D eigenvalue weighted by molar-refractivity contribution is 0.274. The second-order valence-corrected chi connectivity index (χ2v) is 8.00. The van der Waals surface area contributed by atoms with Gasteiger partial charge in [0.15, 0.2) is 0 Å². The van der Waals surface area contributed by atoms with Crippen molar-refractivity contribution in [3.8, 4) is 11.5 Å². The summed E-state index contributed by atoms with van der Waals surface area (Å²) in [6.07, 6.45) is 5.00. The molecule has 0 amide bonds. The predicted octanol–water partition coefficient (Wildman–Crippen LogP) is 5.92. The Morgan fingerprint density at radius 3 is 2.32 bits per heavy atom. The summed E-state index contributed by atoms with van der Waals surface area (Å²) >= 11 is 0. The minimum atomic E-state index is -0.0758. The van der Waals surface area contributed by atoms with Crippen LogP contribution in [0.25, 0.3) is 0 Å². The van der Waals surface area contributed by atoms with Gasteiger partial charge in [0.1, 0.15) is 11.5 Å². The molecule has 0 aromatic heterocycles. The van der Waals surface area contributed by atoms with Crippen molar-refractivity contribution in [3.63, 3.8) is 0 Å². The first-order valence-electron chi connectivity index (χ1n) is 8.66. The van der Waals surface area contributed by atoms with Gasteiger partial charge >= 0.3 is 0 Å². The van der Waals surface area contributed by atoms with Crippen LogP contribution in [-0.4, -0.2) is 11.7 Å². The van der Waals surface area contributed by atoms with Gasteiger partial charge in [0, 0.05) is 5.56 Å². The number of phenolic OH excluding ortho intramolecular Hbond substituents is 1. The third kappa shape index (κ3) is 6.72. The summed E-state index contributed by atoms with van der Waals surface area (Å²) < 4.78 is 5.88. The molecule has 2 heteroatoms. The summed E-state index contributed by atoms with van der Waals surface area (Å²) in [6.45, 7) is 13.9. The Hall–Kier alpha value is -1.18. The van der Waals surface area contributed by atoms with Crippen LogP contribution in [0.1, 0.15) is 72.8 Å². The maximum Gasteiger partial charge on any atom is 0.119 e. The van der Waals surface area contributed by atoms with E-state index in [0.29, 0.717) is 11.7 Å². The monoisotopic (exact) mass is 306 g/mol. The predicted molar refractivity (Wildman–Crippen MR) is 94.8 cm³/mol. The average Bonchev–Trinajstić information content (AvgIpc) is 2.39. The molecule has 0 radical (unpaired) electrons. The molecular formula is C20H34O2. The van der Waals surface area contributed by atoms with E-state index in [1.54, 1.807) is 6.07 Å². The molecule has 0 aliphatic heterocycles. The van der Waals surface area contributed by atoms with E-state index in [4.69, 9.17) is 4.74 Å². The highest BCUT2D eigenvalue weighted by atomic mass is 16.5. The molecule has 22 heavy (non-hydrogen) atoms. The van der Waals surface area contributed by atoms with Crippen molar-refractivity contribution >= 4 is 0 Å². The maximum atomic E-state index is 9.97. The first-order chi connectivity index (χ1) is 10.2. The molecule has 0 saturated heterocycles. The molecule has 2 nitrogen and oxygen atoms in total. The van der Waals surface area contributed by atoms with E-state index in [0.717, 1.165) is 30.3 Å². The molecule has 0 saturated carbocycles. The van der Waals surface area contributed by atoms with E-state index >= 15 is 0 Å². The summed E-state index contributed by atoms with van der Waals surface area (Å²) in [7, 11) is 0. The second kappa shape index (κ2) is 8.45. The fraction of sp³-hybridized carbons (Fsp3) is 0.700. The molecule has 0 heterocycles. The van der Waals surface area contributed by atoms with Crippen molar-refractivity contribution in [3.05, 3.63) is 23.8 Å². The van der Waals surface area contributed by atoms with Gasteiger partial charge in [0.2, 0.25) is 0 Å². The van der Waals surface area contributed by atoms with Crippen LogP contribution in [0.5, 0.6) is 11.5 Å². The normalized spacial score (nSPS) is 13.4. The molecule has 1 aromatic rings. The van der Waals surface area contributed by atoms with E-state index in [-0.39, 0.29) is 5.41 Å². The van der Waals surface area contributed by atoms with Gasteiger partial charge in [0.05, 0.1) is 6.61 Å². The largest absolute Gasteiger partial charge is 0.508 e.